The lowest BCUT2D eigenvalue weighted by Gasteiger charge is -2.19. The summed E-state index contributed by atoms with van der Waals surface area (Å²) in [6.45, 7) is 0.469. The summed E-state index contributed by atoms with van der Waals surface area (Å²) >= 11 is 5.90. The minimum atomic E-state index is -4.47. The highest BCUT2D eigenvalue weighted by Gasteiger charge is 2.31. The Morgan fingerprint density at radius 2 is 2.15 bits per heavy atom. The number of carbonyl (C=O) groups is 1. The molecule has 0 saturated heterocycles. The van der Waals surface area contributed by atoms with E-state index < -0.39 is 23.0 Å². The second-order valence-electron chi connectivity index (χ2n) is 4.17. The molecule has 0 bridgehead atoms. The largest absolute Gasteiger partial charge is 0.417 e. The molecule has 0 N–H and O–H groups in total. The average molecular weight is 311 g/mol. The number of aromatic nitrogens is 1. The van der Waals surface area contributed by atoms with Crippen LogP contribution < -0.4 is 0 Å². The third kappa shape index (κ3) is 4.64. The Morgan fingerprint density at radius 3 is 2.60 bits per heavy atom. The highest BCUT2D eigenvalue weighted by molar-refractivity contribution is 6.21. The molecule has 1 aromatic heterocycles. The van der Waals surface area contributed by atoms with Gasteiger partial charge in [-0.3, -0.25) is 9.78 Å². The van der Waals surface area contributed by atoms with Crippen LogP contribution in [0.1, 0.15) is 16.1 Å². The van der Waals surface area contributed by atoms with Gasteiger partial charge in [0.2, 0.25) is 0 Å². The fourth-order valence-electron chi connectivity index (χ4n) is 1.50. The topological polar surface area (TPSA) is 42.4 Å². The van der Waals surface area contributed by atoms with E-state index in [0.717, 1.165) is 12.1 Å². The average Bonchev–Trinajstić information content (AvgIpc) is 2.37. The summed E-state index contributed by atoms with van der Waals surface area (Å²) in [4.78, 5) is 16.7. The molecule has 0 radical (unpaired) electrons. The van der Waals surface area contributed by atoms with Crippen LogP contribution in [0.25, 0.3) is 0 Å². The SMILES string of the molecule is COCC(Cl)CN(C)C(=O)c1ccc(C(F)(F)F)cn1. The molecule has 0 aromatic carbocycles. The first-order valence-electron chi connectivity index (χ1n) is 5.67. The lowest BCUT2D eigenvalue weighted by atomic mass is 10.2. The third-order valence-corrected chi connectivity index (χ3v) is 2.74. The first-order valence-corrected chi connectivity index (χ1v) is 6.11. The van der Waals surface area contributed by atoms with Crippen LogP contribution in [0.5, 0.6) is 0 Å². The van der Waals surface area contributed by atoms with Gasteiger partial charge < -0.3 is 9.64 Å². The Hall–Kier alpha value is -1.34. The van der Waals surface area contributed by atoms with E-state index in [2.05, 4.69) is 4.98 Å². The second-order valence-corrected chi connectivity index (χ2v) is 4.79. The third-order valence-electron chi connectivity index (χ3n) is 2.48. The van der Waals surface area contributed by atoms with Crippen LogP contribution >= 0.6 is 11.6 Å². The number of hydrogen-bond acceptors (Lipinski definition) is 3. The van der Waals surface area contributed by atoms with Crippen LogP contribution in [0.15, 0.2) is 18.3 Å². The van der Waals surface area contributed by atoms with Gasteiger partial charge >= 0.3 is 6.18 Å². The molecule has 1 heterocycles. The van der Waals surface area contributed by atoms with Gasteiger partial charge in [0.05, 0.1) is 17.5 Å². The molecule has 0 aliphatic carbocycles. The zero-order valence-corrected chi connectivity index (χ0v) is 11.7. The number of amides is 1. The van der Waals surface area contributed by atoms with Crippen molar-refractivity contribution in [3.05, 3.63) is 29.6 Å². The molecule has 1 atom stereocenters. The fraction of sp³-hybridized carbons (Fsp3) is 0.500. The molecule has 1 aromatic rings. The van der Waals surface area contributed by atoms with Gasteiger partial charge in [-0.15, -0.1) is 11.6 Å². The summed E-state index contributed by atoms with van der Waals surface area (Å²) in [6, 6.07) is 1.86. The predicted octanol–water partition coefficient (Wildman–Crippen LogP) is 2.43. The summed E-state index contributed by atoms with van der Waals surface area (Å²) in [5, 5.41) is -0.400. The molecule has 1 amide bonds. The molecule has 112 valence electrons. The monoisotopic (exact) mass is 310 g/mol. The summed E-state index contributed by atoms with van der Waals surface area (Å²) in [7, 11) is 2.97. The van der Waals surface area contributed by atoms with Crippen molar-refractivity contribution < 1.29 is 22.7 Å². The number of ether oxygens (including phenoxy) is 1. The summed E-state index contributed by atoms with van der Waals surface area (Å²) in [5.74, 6) is -0.500. The smallest absolute Gasteiger partial charge is 0.383 e. The standard InChI is InChI=1S/C12H14ClF3N2O2/c1-18(6-9(13)7-20-2)11(19)10-4-3-8(5-17-10)12(14,15)16/h3-5,9H,6-7H2,1-2H3. The fourth-order valence-corrected chi connectivity index (χ4v) is 1.83. The number of alkyl halides is 4. The van der Waals surface area contributed by atoms with Crippen LogP contribution in [-0.4, -0.2) is 48.5 Å². The van der Waals surface area contributed by atoms with Crippen molar-refractivity contribution in [3.63, 3.8) is 0 Å². The van der Waals surface area contributed by atoms with Crippen molar-refractivity contribution in [3.8, 4) is 0 Å². The number of methoxy groups -OCH3 is 1. The Labute approximate surface area is 119 Å². The van der Waals surface area contributed by atoms with Crippen molar-refractivity contribution in [1.82, 2.24) is 9.88 Å². The minimum absolute atomic E-state index is 0.0678. The first-order chi connectivity index (χ1) is 9.25. The van der Waals surface area contributed by atoms with Crippen LogP contribution in [-0.2, 0) is 10.9 Å². The number of halogens is 4. The lowest BCUT2D eigenvalue weighted by Crippen LogP contribution is -2.34. The van der Waals surface area contributed by atoms with E-state index in [4.69, 9.17) is 16.3 Å². The van der Waals surface area contributed by atoms with Gasteiger partial charge in [-0.2, -0.15) is 13.2 Å². The molecule has 0 spiro atoms. The van der Waals surface area contributed by atoms with E-state index in [1.165, 1.54) is 19.1 Å². The maximum atomic E-state index is 12.4. The van der Waals surface area contributed by atoms with E-state index in [1.54, 1.807) is 0 Å². The molecule has 0 fully saturated rings. The number of carbonyl (C=O) groups excluding carboxylic acids is 1. The van der Waals surface area contributed by atoms with Crippen LogP contribution in [0, 0.1) is 0 Å². The van der Waals surface area contributed by atoms with Gasteiger partial charge in [0.25, 0.3) is 5.91 Å². The molecule has 8 heteroatoms. The molecule has 1 unspecified atom stereocenters. The van der Waals surface area contributed by atoms with Gasteiger partial charge in [0, 0.05) is 26.9 Å². The van der Waals surface area contributed by atoms with Gasteiger partial charge in [-0.05, 0) is 12.1 Å². The predicted molar refractivity (Wildman–Crippen MR) is 67.7 cm³/mol. The van der Waals surface area contributed by atoms with Gasteiger partial charge in [-0.1, -0.05) is 0 Å². The Morgan fingerprint density at radius 1 is 1.50 bits per heavy atom. The Bertz CT molecular complexity index is 451. The zero-order chi connectivity index (χ0) is 15.3. The second kappa shape index (κ2) is 6.90. The van der Waals surface area contributed by atoms with Gasteiger partial charge in [0.15, 0.2) is 0 Å². The van der Waals surface area contributed by atoms with Crippen molar-refractivity contribution in [2.75, 3.05) is 27.3 Å². The van der Waals surface area contributed by atoms with E-state index >= 15 is 0 Å². The maximum absolute atomic E-state index is 12.4. The highest BCUT2D eigenvalue weighted by atomic mass is 35.5. The number of hydrogen-bond donors (Lipinski definition) is 0. The van der Waals surface area contributed by atoms with Crippen molar-refractivity contribution >= 4 is 17.5 Å². The molecule has 0 aliphatic heterocycles. The van der Waals surface area contributed by atoms with E-state index in [1.807, 2.05) is 0 Å². The molecule has 1 rings (SSSR count). The lowest BCUT2D eigenvalue weighted by molar-refractivity contribution is -0.137. The van der Waals surface area contributed by atoms with Crippen LogP contribution in [0.2, 0.25) is 0 Å². The van der Waals surface area contributed by atoms with Gasteiger partial charge in [0.1, 0.15) is 5.69 Å². The normalized spacial score (nSPS) is 13.1. The minimum Gasteiger partial charge on any atom is -0.383 e. The Balaban J connectivity index is 2.72. The summed E-state index contributed by atoms with van der Waals surface area (Å²) < 4.78 is 41.9. The van der Waals surface area contributed by atoms with E-state index in [-0.39, 0.29) is 18.8 Å². The molecule has 0 aliphatic rings. The first kappa shape index (κ1) is 16.7. The Kier molecular flexibility index (Phi) is 5.76. The van der Waals surface area contributed by atoms with Crippen molar-refractivity contribution in [2.24, 2.45) is 0 Å². The number of rotatable bonds is 5. The van der Waals surface area contributed by atoms with Crippen LogP contribution in [0.3, 0.4) is 0 Å². The maximum Gasteiger partial charge on any atom is 0.417 e. The molecular weight excluding hydrogens is 297 g/mol. The van der Waals surface area contributed by atoms with E-state index in [9.17, 15) is 18.0 Å². The molecule has 0 saturated carbocycles. The highest BCUT2D eigenvalue weighted by Crippen LogP contribution is 2.28. The number of nitrogens with zero attached hydrogens (tertiary/aromatic N) is 2. The molecule has 4 nitrogen and oxygen atoms in total. The summed E-state index contributed by atoms with van der Waals surface area (Å²) in [6.07, 6.45) is -3.84. The summed E-state index contributed by atoms with van der Waals surface area (Å²) in [5.41, 5.74) is -0.965. The van der Waals surface area contributed by atoms with Crippen molar-refractivity contribution in [1.29, 1.82) is 0 Å². The van der Waals surface area contributed by atoms with Gasteiger partial charge in [-0.25, -0.2) is 0 Å². The van der Waals surface area contributed by atoms with E-state index in [0.29, 0.717) is 6.20 Å². The molecule has 20 heavy (non-hydrogen) atoms. The molecular formula is C12H14ClF3N2O2. The van der Waals surface area contributed by atoms with Crippen molar-refractivity contribution in [2.45, 2.75) is 11.6 Å². The zero-order valence-electron chi connectivity index (χ0n) is 10.9. The number of pyridine rings is 1. The quantitative estimate of drug-likeness (QED) is 0.784. The van der Waals surface area contributed by atoms with Crippen LogP contribution in [0.4, 0.5) is 13.2 Å².